The van der Waals surface area contributed by atoms with Crippen molar-refractivity contribution in [2.75, 3.05) is 12.3 Å². The number of anilines is 1. The maximum atomic E-state index is 14.0. The second-order valence-corrected chi connectivity index (χ2v) is 10.2. The second kappa shape index (κ2) is 14.3. The highest BCUT2D eigenvalue weighted by Crippen LogP contribution is 2.32. The zero-order valence-corrected chi connectivity index (χ0v) is 23.8. The molecule has 0 saturated carbocycles. The molecule has 0 aliphatic carbocycles. The molecule has 13 heteroatoms. The lowest BCUT2D eigenvalue weighted by Crippen LogP contribution is -2.52. The molecule has 0 fully saturated rings. The number of hydrazone groups is 1. The van der Waals surface area contributed by atoms with Crippen LogP contribution in [0.15, 0.2) is 77.9 Å². The summed E-state index contributed by atoms with van der Waals surface area (Å²) in [6.07, 6.45) is 0.526. The van der Waals surface area contributed by atoms with E-state index in [0.29, 0.717) is 12.0 Å². The normalized spacial score (nSPS) is 12.3. The highest BCUT2D eigenvalue weighted by molar-refractivity contribution is 6.38. The molecule has 0 aliphatic rings. The van der Waals surface area contributed by atoms with Crippen LogP contribution in [-0.4, -0.2) is 35.4 Å². The first-order valence-electron chi connectivity index (χ1n) is 12.7. The van der Waals surface area contributed by atoms with E-state index in [2.05, 4.69) is 21.1 Å². The summed E-state index contributed by atoms with van der Waals surface area (Å²) in [6.45, 7) is 2.07. The molecule has 3 aromatic carbocycles. The van der Waals surface area contributed by atoms with Crippen LogP contribution in [0.25, 0.3) is 0 Å². The van der Waals surface area contributed by atoms with Gasteiger partial charge in [-0.05, 0) is 48.6 Å². The van der Waals surface area contributed by atoms with Gasteiger partial charge in [0.05, 0.1) is 21.1 Å². The summed E-state index contributed by atoms with van der Waals surface area (Å²) in [5, 5.41) is 21.5. The van der Waals surface area contributed by atoms with Gasteiger partial charge in [-0.1, -0.05) is 83.9 Å². The number of nitrogens with one attached hydrogen (secondary N) is 3. The molecule has 0 heterocycles. The summed E-state index contributed by atoms with van der Waals surface area (Å²) in [5.74, 6) is -1.19. The summed E-state index contributed by atoms with van der Waals surface area (Å²) < 4.78 is 0. The predicted molar refractivity (Wildman–Crippen MR) is 160 cm³/mol. The van der Waals surface area contributed by atoms with Crippen molar-refractivity contribution in [2.24, 2.45) is 10.8 Å². The smallest absolute Gasteiger partial charge is 0.266 e. The zero-order chi connectivity index (χ0) is 30.0. The largest absolute Gasteiger partial charge is 0.396 e. The van der Waals surface area contributed by atoms with E-state index >= 15 is 0 Å². The van der Waals surface area contributed by atoms with Crippen LogP contribution < -0.4 is 27.4 Å². The number of hydrogen-bond acceptors (Lipinski definition) is 5. The Morgan fingerprint density at radius 2 is 1.54 bits per heavy atom. The maximum absolute atomic E-state index is 14.0. The number of halogens is 2. The fourth-order valence-electron chi connectivity index (χ4n) is 4.24. The number of nitrogens with zero attached hydrogens (tertiary/aromatic N) is 2. The van der Waals surface area contributed by atoms with Gasteiger partial charge in [-0.3, -0.25) is 9.59 Å². The van der Waals surface area contributed by atoms with E-state index in [1.807, 2.05) is 60.7 Å². The molecule has 11 nitrogen and oxygen atoms in total. The van der Waals surface area contributed by atoms with Crippen LogP contribution in [0.2, 0.25) is 10.0 Å². The maximum Gasteiger partial charge on any atom is 0.266 e. The van der Waals surface area contributed by atoms with E-state index in [1.165, 1.54) is 0 Å². The molecule has 3 rings (SSSR count). The first-order valence-corrected chi connectivity index (χ1v) is 13.4. The van der Waals surface area contributed by atoms with Gasteiger partial charge in [-0.2, -0.15) is 0 Å². The van der Waals surface area contributed by atoms with Crippen LogP contribution in [0.4, 0.5) is 5.69 Å². The number of benzene rings is 3. The molecule has 0 bridgehead atoms. The van der Waals surface area contributed by atoms with Crippen molar-refractivity contribution >= 4 is 46.7 Å². The van der Waals surface area contributed by atoms with Crippen molar-refractivity contribution in [3.05, 3.63) is 110 Å². The molecule has 0 unspecified atom stereocenters. The molecular formula is C28H31Cl2N7O4. The number of nitrogens with two attached hydrogens (primary N) is 2. The van der Waals surface area contributed by atoms with E-state index in [-0.39, 0.29) is 47.1 Å². The van der Waals surface area contributed by atoms with E-state index in [9.17, 15) is 19.7 Å². The minimum atomic E-state index is -1.11. The number of nitro groups is 1. The SMILES string of the molecule is CC(C(=O)N[C@H](CCCNC(N)=N[N+](=O)[O-])C(=O)NCc1cc(Cl)c(N)c(Cl)c1)(c1ccccc1)c1ccccc1. The van der Waals surface area contributed by atoms with Gasteiger partial charge in [0.25, 0.3) is 5.96 Å². The zero-order valence-electron chi connectivity index (χ0n) is 22.3. The van der Waals surface area contributed by atoms with Gasteiger partial charge in [0.1, 0.15) is 11.1 Å². The topological polar surface area (TPSA) is 178 Å². The lowest BCUT2D eigenvalue weighted by atomic mass is 9.75. The van der Waals surface area contributed by atoms with Crippen LogP contribution in [0.3, 0.4) is 0 Å². The monoisotopic (exact) mass is 599 g/mol. The molecule has 2 amide bonds. The summed E-state index contributed by atoms with van der Waals surface area (Å²) >= 11 is 12.3. The van der Waals surface area contributed by atoms with Crippen molar-refractivity contribution in [2.45, 2.75) is 37.8 Å². The molecule has 0 spiro atoms. The van der Waals surface area contributed by atoms with Gasteiger partial charge in [-0.15, -0.1) is 0 Å². The first-order chi connectivity index (χ1) is 19.5. The molecule has 0 saturated heterocycles. The lowest BCUT2D eigenvalue weighted by Gasteiger charge is -2.31. The quantitative estimate of drug-likeness (QED) is 0.0527. The van der Waals surface area contributed by atoms with E-state index in [0.717, 1.165) is 11.1 Å². The van der Waals surface area contributed by atoms with E-state index in [4.69, 9.17) is 34.7 Å². The highest BCUT2D eigenvalue weighted by Gasteiger charge is 2.38. The Bertz CT molecular complexity index is 1340. The number of carbonyl (C=O) groups excluding carboxylic acids is 2. The Morgan fingerprint density at radius 3 is 2.05 bits per heavy atom. The van der Waals surface area contributed by atoms with Gasteiger partial charge in [-0.25, -0.2) is 10.1 Å². The molecule has 0 radical (unpaired) electrons. The molecular weight excluding hydrogens is 569 g/mol. The van der Waals surface area contributed by atoms with Gasteiger partial charge >= 0.3 is 0 Å². The number of carbonyl (C=O) groups is 2. The molecule has 0 aromatic heterocycles. The van der Waals surface area contributed by atoms with Crippen molar-refractivity contribution in [1.29, 1.82) is 0 Å². The van der Waals surface area contributed by atoms with Gasteiger partial charge in [0.15, 0.2) is 5.03 Å². The number of amides is 2. The fourth-order valence-corrected chi connectivity index (χ4v) is 4.77. The summed E-state index contributed by atoms with van der Waals surface area (Å²) in [7, 11) is 0. The number of guanidine groups is 1. The molecule has 216 valence electrons. The number of rotatable bonds is 12. The third kappa shape index (κ3) is 8.32. The molecule has 41 heavy (non-hydrogen) atoms. The summed E-state index contributed by atoms with van der Waals surface area (Å²) in [4.78, 5) is 37.9. The molecule has 3 aromatic rings. The Kier molecular flexibility index (Phi) is 10.9. The average Bonchev–Trinajstić information content (AvgIpc) is 2.96. The summed E-state index contributed by atoms with van der Waals surface area (Å²) in [5.41, 5.74) is 12.5. The molecule has 0 aliphatic heterocycles. The Labute approximate surface area is 247 Å². The van der Waals surface area contributed by atoms with Crippen LogP contribution in [0.1, 0.15) is 36.5 Å². The van der Waals surface area contributed by atoms with Crippen LogP contribution in [-0.2, 0) is 21.5 Å². The minimum Gasteiger partial charge on any atom is -0.396 e. The standard InChI is InChI=1S/C28H31Cl2N7O4/c1-28(19-9-4-2-5-10-19,20-11-6-3-7-12-20)26(39)35-23(13-8-14-33-27(32)36-37(40)41)25(38)34-17-18-15-21(29)24(31)22(30)16-18/h2-7,9-12,15-16,23H,8,13-14,17,31H2,1H3,(H,34,38)(H,35,39)(H3,32,33,36)/t23-/m1/s1. The van der Waals surface area contributed by atoms with Crippen molar-refractivity contribution in [3.63, 3.8) is 0 Å². The summed E-state index contributed by atoms with van der Waals surface area (Å²) in [6, 6.07) is 20.8. The van der Waals surface area contributed by atoms with Crippen molar-refractivity contribution in [1.82, 2.24) is 16.0 Å². The van der Waals surface area contributed by atoms with Gasteiger partial charge < -0.3 is 27.4 Å². The first kappa shape index (κ1) is 31.2. The Balaban J connectivity index is 1.83. The van der Waals surface area contributed by atoms with Crippen molar-refractivity contribution < 1.29 is 14.6 Å². The van der Waals surface area contributed by atoms with Gasteiger partial charge in [0.2, 0.25) is 11.8 Å². The van der Waals surface area contributed by atoms with Crippen LogP contribution in [0.5, 0.6) is 0 Å². The Hall–Kier alpha value is -4.35. The van der Waals surface area contributed by atoms with E-state index < -0.39 is 22.4 Å². The fraction of sp³-hybridized carbons (Fsp3) is 0.250. The highest BCUT2D eigenvalue weighted by atomic mass is 35.5. The van der Waals surface area contributed by atoms with Crippen molar-refractivity contribution in [3.8, 4) is 0 Å². The number of nitrogen functional groups attached to an aromatic ring is 1. The Morgan fingerprint density at radius 1 is 1.00 bits per heavy atom. The van der Waals surface area contributed by atoms with E-state index in [1.54, 1.807) is 19.1 Å². The lowest BCUT2D eigenvalue weighted by molar-refractivity contribution is -0.485. The second-order valence-electron chi connectivity index (χ2n) is 9.37. The molecule has 1 atom stereocenters. The van der Waals surface area contributed by atoms with Gasteiger partial charge in [0, 0.05) is 13.1 Å². The van der Waals surface area contributed by atoms with Crippen LogP contribution >= 0.6 is 23.2 Å². The van der Waals surface area contributed by atoms with Crippen LogP contribution in [0, 0.1) is 10.1 Å². The average molecular weight is 601 g/mol. The molecule has 7 N–H and O–H groups in total. The third-order valence-corrected chi connectivity index (χ3v) is 7.17. The number of hydrogen-bond donors (Lipinski definition) is 5. The predicted octanol–water partition coefficient (Wildman–Crippen LogP) is 3.56. The third-order valence-electron chi connectivity index (χ3n) is 6.55. The minimum absolute atomic E-state index is 0.0836.